The van der Waals surface area contributed by atoms with E-state index >= 15 is 0 Å². The van der Waals surface area contributed by atoms with Crippen molar-refractivity contribution in [1.29, 1.82) is 0 Å². The summed E-state index contributed by atoms with van der Waals surface area (Å²) in [7, 11) is 0. The highest BCUT2D eigenvalue weighted by atomic mass is 79.9. The third-order valence-corrected chi connectivity index (χ3v) is 5.25. The van der Waals surface area contributed by atoms with Gasteiger partial charge in [-0.3, -0.25) is 0 Å². The maximum Gasteiger partial charge on any atom is 0.260 e. The van der Waals surface area contributed by atoms with E-state index in [1.807, 2.05) is 17.0 Å². The van der Waals surface area contributed by atoms with Gasteiger partial charge in [0.2, 0.25) is 6.33 Å². The molecule has 0 spiro atoms. The van der Waals surface area contributed by atoms with E-state index in [4.69, 9.17) is 23.2 Å². The van der Waals surface area contributed by atoms with Crippen LogP contribution in [0, 0.1) is 6.92 Å². The second-order valence-electron chi connectivity index (χ2n) is 6.15. The number of hydrogen-bond acceptors (Lipinski definition) is 0. The van der Waals surface area contributed by atoms with Crippen LogP contribution in [0.2, 0.25) is 10.3 Å². The Bertz CT molecular complexity index is 1060. The van der Waals surface area contributed by atoms with E-state index in [0.29, 0.717) is 10.3 Å². The maximum absolute atomic E-state index is 6.44. The second kappa shape index (κ2) is 7.83. The van der Waals surface area contributed by atoms with Gasteiger partial charge in [0.05, 0.1) is 0 Å². The topological polar surface area (TPSA) is 19.7 Å². The Hall–Kier alpha value is -1.81. The van der Waals surface area contributed by atoms with Crippen molar-refractivity contribution < 1.29 is 21.5 Å². The largest absolute Gasteiger partial charge is 1.00 e. The van der Waals surface area contributed by atoms with Crippen molar-refractivity contribution in [1.82, 2.24) is 4.98 Å². The van der Waals surface area contributed by atoms with Crippen molar-refractivity contribution in [2.75, 3.05) is 0 Å². The molecule has 0 amide bonds. The zero-order chi connectivity index (χ0) is 17.4. The highest BCUT2D eigenvalue weighted by Gasteiger charge is 2.22. The first-order valence-corrected chi connectivity index (χ1v) is 8.90. The van der Waals surface area contributed by atoms with Gasteiger partial charge >= 0.3 is 0 Å². The average Bonchev–Trinajstić information content (AvgIpc) is 2.95. The predicted octanol–water partition coefficient (Wildman–Crippen LogP) is 2.65. The summed E-state index contributed by atoms with van der Waals surface area (Å²) in [5, 5.41) is 3.40. The fourth-order valence-corrected chi connectivity index (χ4v) is 3.71. The van der Waals surface area contributed by atoms with Gasteiger partial charge in [-0.05, 0) is 58.1 Å². The van der Waals surface area contributed by atoms with Crippen LogP contribution in [-0.4, -0.2) is 4.98 Å². The molecule has 0 aliphatic carbocycles. The molecule has 0 fully saturated rings. The molecular formula is C21H17BrCl2N2. The molecule has 0 aliphatic heterocycles. The molecule has 4 aromatic rings. The zero-order valence-electron chi connectivity index (χ0n) is 14.1. The number of imidazole rings is 1. The van der Waals surface area contributed by atoms with Crippen LogP contribution >= 0.6 is 23.2 Å². The summed E-state index contributed by atoms with van der Waals surface area (Å²) in [6.07, 6.45) is 2.64. The van der Waals surface area contributed by atoms with Gasteiger partial charge in [-0.25, -0.2) is 4.98 Å². The highest BCUT2D eigenvalue weighted by Crippen LogP contribution is 2.30. The summed E-state index contributed by atoms with van der Waals surface area (Å²) >= 11 is 12.6. The third-order valence-electron chi connectivity index (χ3n) is 4.49. The number of aromatic amines is 1. The van der Waals surface area contributed by atoms with Gasteiger partial charge in [0.25, 0.3) is 10.3 Å². The van der Waals surface area contributed by atoms with Gasteiger partial charge in [0.15, 0.2) is 0 Å². The lowest BCUT2D eigenvalue weighted by Crippen LogP contribution is -3.00. The standard InChI is InChI=1S/C21H16Cl2N2.BrH/c1-14-11-16-9-5-6-10-17(16)18(12-15-7-3-2-4-8-15)19(14)25-13-24-20(22)21(25)23;/h2-11,13H,12H2,1H3;1H. The Balaban J connectivity index is 0.00000196. The van der Waals surface area contributed by atoms with Gasteiger partial charge < -0.3 is 17.0 Å². The lowest BCUT2D eigenvalue weighted by molar-refractivity contribution is -0.592. The number of H-pyrrole nitrogens is 1. The Kier molecular flexibility index (Phi) is 5.71. The first-order valence-electron chi connectivity index (χ1n) is 8.14. The summed E-state index contributed by atoms with van der Waals surface area (Å²) < 4.78 is 1.93. The molecule has 1 heterocycles. The minimum atomic E-state index is 0. The van der Waals surface area contributed by atoms with Crippen molar-refractivity contribution >= 4 is 34.0 Å². The van der Waals surface area contributed by atoms with Crippen molar-refractivity contribution in [2.45, 2.75) is 13.3 Å². The Labute approximate surface area is 173 Å². The lowest BCUT2D eigenvalue weighted by atomic mass is 9.94. The monoisotopic (exact) mass is 446 g/mol. The number of nitrogens with one attached hydrogen (secondary N) is 1. The van der Waals surface area contributed by atoms with Crippen molar-refractivity contribution in [3.05, 3.63) is 94.0 Å². The number of aryl methyl sites for hydroxylation is 1. The lowest BCUT2D eigenvalue weighted by Gasteiger charge is -2.14. The smallest absolute Gasteiger partial charge is 0.260 e. The Morgan fingerprint density at radius 2 is 1.65 bits per heavy atom. The number of halogens is 3. The molecule has 0 radical (unpaired) electrons. The highest BCUT2D eigenvalue weighted by molar-refractivity contribution is 6.39. The van der Waals surface area contributed by atoms with E-state index < -0.39 is 0 Å². The molecule has 132 valence electrons. The first-order chi connectivity index (χ1) is 12.1. The van der Waals surface area contributed by atoms with E-state index in [9.17, 15) is 0 Å². The molecule has 1 aromatic heterocycles. The average molecular weight is 448 g/mol. The Morgan fingerprint density at radius 3 is 2.35 bits per heavy atom. The minimum Gasteiger partial charge on any atom is -1.00 e. The zero-order valence-corrected chi connectivity index (χ0v) is 17.2. The van der Waals surface area contributed by atoms with Crippen LogP contribution in [0.15, 0.2) is 67.0 Å². The minimum absolute atomic E-state index is 0. The van der Waals surface area contributed by atoms with Crippen molar-refractivity contribution in [3.63, 3.8) is 0 Å². The number of benzene rings is 3. The predicted molar refractivity (Wildman–Crippen MR) is 104 cm³/mol. The SMILES string of the molecule is Cc1cc2ccccc2c(Cc2ccccc2)c1-[n+]1c[nH]c(Cl)c1Cl.[Br-]. The molecule has 2 nitrogen and oxygen atoms in total. The summed E-state index contributed by atoms with van der Waals surface area (Å²) in [4.78, 5) is 3.00. The third kappa shape index (κ3) is 3.39. The first kappa shape index (κ1) is 19.0. The van der Waals surface area contributed by atoms with E-state index in [2.05, 4.69) is 66.5 Å². The molecule has 0 aliphatic rings. The van der Waals surface area contributed by atoms with Crippen molar-refractivity contribution in [2.24, 2.45) is 0 Å². The summed E-state index contributed by atoms with van der Waals surface area (Å²) in [6, 6.07) is 21.1. The molecule has 5 heteroatoms. The Morgan fingerprint density at radius 1 is 0.962 bits per heavy atom. The number of aromatic nitrogens is 2. The van der Waals surface area contributed by atoms with Gasteiger partial charge in [0, 0.05) is 12.0 Å². The number of hydrogen-bond donors (Lipinski definition) is 1. The van der Waals surface area contributed by atoms with E-state index in [1.165, 1.54) is 21.9 Å². The van der Waals surface area contributed by atoms with Gasteiger partial charge in [-0.15, -0.1) is 0 Å². The molecule has 26 heavy (non-hydrogen) atoms. The van der Waals surface area contributed by atoms with Crippen LogP contribution in [0.3, 0.4) is 0 Å². The number of nitrogens with zero attached hydrogens (tertiary/aromatic N) is 1. The number of rotatable bonds is 3. The van der Waals surface area contributed by atoms with Crippen LogP contribution in [0.5, 0.6) is 0 Å². The van der Waals surface area contributed by atoms with Crippen LogP contribution < -0.4 is 21.5 Å². The summed E-state index contributed by atoms with van der Waals surface area (Å²) in [5.41, 5.74) is 4.74. The van der Waals surface area contributed by atoms with Crippen molar-refractivity contribution in [3.8, 4) is 5.69 Å². The normalized spacial score (nSPS) is 10.7. The van der Waals surface area contributed by atoms with Crippen LogP contribution in [0.4, 0.5) is 0 Å². The van der Waals surface area contributed by atoms with E-state index in [0.717, 1.165) is 17.7 Å². The second-order valence-corrected chi connectivity index (χ2v) is 6.89. The molecule has 1 N–H and O–H groups in total. The molecule has 0 unspecified atom stereocenters. The number of fused-ring (bicyclic) bond motifs is 1. The maximum atomic E-state index is 6.44. The van der Waals surface area contributed by atoms with Gasteiger partial charge in [-0.2, -0.15) is 4.57 Å². The van der Waals surface area contributed by atoms with Gasteiger partial charge in [-0.1, -0.05) is 54.6 Å². The quantitative estimate of drug-likeness (QED) is 0.466. The van der Waals surface area contributed by atoms with Crippen LogP contribution in [0.1, 0.15) is 16.7 Å². The molecule has 0 bridgehead atoms. The molecule has 0 atom stereocenters. The molecule has 0 saturated carbocycles. The molecular weight excluding hydrogens is 431 g/mol. The molecule has 3 aromatic carbocycles. The summed E-state index contributed by atoms with van der Waals surface area (Å²) in [5.74, 6) is 0. The molecule has 4 rings (SSSR count). The van der Waals surface area contributed by atoms with Gasteiger partial charge in [0.1, 0.15) is 5.69 Å². The molecule has 0 saturated heterocycles. The van der Waals surface area contributed by atoms with Crippen LogP contribution in [0.25, 0.3) is 16.5 Å². The fourth-order valence-electron chi connectivity index (χ4n) is 3.39. The summed E-state index contributed by atoms with van der Waals surface area (Å²) in [6.45, 7) is 2.11. The van der Waals surface area contributed by atoms with Crippen LogP contribution in [-0.2, 0) is 6.42 Å². The van der Waals surface area contributed by atoms with E-state index in [1.54, 1.807) is 0 Å². The fraction of sp³-hybridized carbons (Fsp3) is 0.0952. The van der Waals surface area contributed by atoms with E-state index in [-0.39, 0.29) is 17.0 Å².